The van der Waals surface area contributed by atoms with Crippen LogP contribution in [0.4, 0.5) is 5.69 Å². The number of hydrogen-bond donors (Lipinski definition) is 2. The van der Waals surface area contributed by atoms with Gasteiger partial charge < -0.3 is 15.5 Å². The standard InChI is InChI=1S/C25H33N3O3/c1-15(2)22(27-24(30)20-11-9-8-10-17(20)4)25(31)28(7)14-21(29)26-23-18(5)12-16(3)13-19(23)6/h8-13,15,22H,14H2,1-7H3,(H,26,29)(H,27,30). The molecule has 6 nitrogen and oxygen atoms in total. The molecular weight excluding hydrogens is 390 g/mol. The average molecular weight is 424 g/mol. The van der Waals surface area contributed by atoms with Gasteiger partial charge in [0.15, 0.2) is 0 Å². The second-order valence-electron chi connectivity index (χ2n) is 8.53. The molecule has 3 amide bonds. The predicted molar refractivity (Wildman–Crippen MR) is 124 cm³/mol. The third kappa shape index (κ3) is 6.17. The van der Waals surface area contributed by atoms with Gasteiger partial charge in [-0.25, -0.2) is 0 Å². The van der Waals surface area contributed by atoms with E-state index in [1.54, 1.807) is 19.2 Å². The van der Waals surface area contributed by atoms with Gasteiger partial charge in [0.2, 0.25) is 11.8 Å². The lowest BCUT2D eigenvalue weighted by Crippen LogP contribution is -2.51. The summed E-state index contributed by atoms with van der Waals surface area (Å²) in [4.78, 5) is 39.7. The minimum absolute atomic E-state index is 0.102. The number of benzene rings is 2. The summed E-state index contributed by atoms with van der Waals surface area (Å²) in [6.07, 6.45) is 0. The minimum atomic E-state index is -0.729. The molecule has 0 heterocycles. The molecule has 0 aliphatic carbocycles. The van der Waals surface area contributed by atoms with Crippen LogP contribution in [-0.2, 0) is 9.59 Å². The molecule has 2 aromatic rings. The molecule has 0 radical (unpaired) electrons. The fourth-order valence-corrected chi connectivity index (χ4v) is 3.65. The number of anilines is 1. The summed E-state index contributed by atoms with van der Waals surface area (Å²) < 4.78 is 0. The molecule has 1 unspecified atom stereocenters. The minimum Gasteiger partial charge on any atom is -0.340 e. The molecule has 0 saturated carbocycles. The van der Waals surface area contributed by atoms with Crippen LogP contribution in [0.1, 0.15) is 46.5 Å². The molecule has 2 N–H and O–H groups in total. The zero-order chi connectivity index (χ0) is 23.3. The zero-order valence-corrected chi connectivity index (χ0v) is 19.5. The SMILES string of the molecule is Cc1cc(C)c(NC(=O)CN(C)C(=O)C(NC(=O)c2ccccc2C)C(C)C)c(C)c1. The summed E-state index contributed by atoms with van der Waals surface area (Å²) in [6, 6.07) is 10.5. The molecule has 0 saturated heterocycles. The van der Waals surface area contributed by atoms with Crippen molar-refractivity contribution < 1.29 is 14.4 Å². The first-order valence-electron chi connectivity index (χ1n) is 10.5. The van der Waals surface area contributed by atoms with Gasteiger partial charge in [0.25, 0.3) is 5.91 Å². The topological polar surface area (TPSA) is 78.5 Å². The van der Waals surface area contributed by atoms with E-state index in [0.29, 0.717) is 5.56 Å². The quantitative estimate of drug-likeness (QED) is 0.712. The molecule has 6 heteroatoms. The lowest BCUT2D eigenvalue weighted by Gasteiger charge is -2.27. The molecule has 0 aliphatic rings. The van der Waals surface area contributed by atoms with Crippen LogP contribution in [0.15, 0.2) is 36.4 Å². The second kappa shape index (κ2) is 10.2. The molecular formula is C25H33N3O3. The Hall–Kier alpha value is -3.15. The Labute approximate surface area is 185 Å². The molecule has 0 fully saturated rings. The van der Waals surface area contributed by atoms with Crippen molar-refractivity contribution in [2.45, 2.75) is 47.6 Å². The van der Waals surface area contributed by atoms with Gasteiger partial charge >= 0.3 is 0 Å². The van der Waals surface area contributed by atoms with Gasteiger partial charge in [-0.2, -0.15) is 0 Å². The van der Waals surface area contributed by atoms with E-state index < -0.39 is 6.04 Å². The average Bonchev–Trinajstić information content (AvgIpc) is 2.68. The number of aryl methyl sites for hydroxylation is 4. The Balaban J connectivity index is 2.07. The van der Waals surface area contributed by atoms with Crippen molar-refractivity contribution in [1.82, 2.24) is 10.2 Å². The highest BCUT2D eigenvalue weighted by Gasteiger charge is 2.28. The van der Waals surface area contributed by atoms with Gasteiger partial charge in [0.1, 0.15) is 6.04 Å². The van der Waals surface area contributed by atoms with Gasteiger partial charge in [-0.1, -0.05) is 49.7 Å². The van der Waals surface area contributed by atoms with E-state index in [0.717, 1.165) is 27.9 Å². The smallest absolute Gasteiger partial charge is 0.252 e. The van der Waals surface area contributed by atoms with Crippen LogP contribution < -0.4 is 10.6 Å². The molecule has 1 atom stereocenters. The summed E-state index contributed by atoms with van der Waals surface area (Å²) in [5, 5.41) is 5.75. The summed E-state index contributed by atoms with van der Waals surface area (Å²) in [7, 11) is 1.58. The lowest BCUT2D eigenvalue weighted by atomic mass is 10.0. The maximum atomic E-state index is 13.0. The van der Waals surface area contributed by atoms with E-state index in [9.17, 15) is 14.4 Å². The van der Waals surface area contributed by atoms with Crippen molar-refractivity contribution in [2.24, 2.45) is 5.92 Å². The Morgan fingerprint density at radius 2 is 1.52 bits per heavy atom. The van der Waals surface area contributed by atoms with Crippen LogP contribution in [0, 0.1) is 33.6 Å². The molecule has 0 aromatic heterocycles. The van der Waals surface area contributed by atoms with Gasteiger partial charge in [0.05, 0.1) is 6.54 Å². The van der Waals surface area contributed by atoms with Gasteiger partial charge in [-0.3, -0.25) is 14.4 Å². The van der Waals surface area contributed by atoms with Gasteiger partial charge in [0, 0.05) is 18.3 Å². The maximum absolute atomic E-state index is 13.0. The molecule has 0 spiro atoms. The number of rotatable bonds is 7. The Bertz CT molecular complexity index is 959. The van der Waals surface area contributed by atoms with Crippen molar-refractivity contribution in [2.75, 3.05) is 18.9 Å². The molecule has 2 rings (SSSR count). The summed E-state index contributed by atoms with van der Waals surface area (Å²) in [5.41, 5.74) is 5.23. The van der Waals surface area contributed by atoms with Crippen LogP contribution in [0.25, 0.3) is 0 Å². The third-order valence-electron chi connectivity index (χ3n) is 5.31. The highest BCUT2D eigenvalue weighted by Crippen LogP contribution is 2.22. The Morgan fingerprint density at radius 3 is 2.06 bits per heavy atom. The van der Waals surface area contributed by atoms with E-state index in [1.165, 1.54) is 4.90 Å². The van der Waals surface area contributed by atoms with Crippen molar-refractivity contribution in [3.05, 3.63) is 64.2 Å². The van der Waals surface area contributed by atoms with E-state index in [4.69, 9.17) is 0 Å². The number of carbonyl (C=O) groups is 3. The fourth-order valence-electron chi connectivity index (χ4n) is 3.65. The highest BCUT2D eigenvalue weighted by molar-refractivity contribution is 6.00. The maximum Gasteiger partial charge on any atom is 0.252 e. The van der Waals surface area contributed by atoms with Crippen LogP contribution in [0.2, 0.25) is 0 Å². The third-order valence-corrected chi connectivity index (χ3v) is 5.31. The molecule has 31 heavy (non-hydrogen) atoms. The molecule has 0 aliphatic heterocycles. The second-order valence-corrected chi connectivity index (χ2v) is 8.53. The first-order chi connectivity index (χ1) is 14.5. The highest BCUT2D eigenvalue weighted by atomic mass is 16.2. The van der Waals surface area contributed by atoms with Gasteiger partial charge in [-0.15, -0.1) is 0 Å². The van der Waals surface area contributed by atoms with Crippen LogP contribution >= 0.6 is 0 Å². The molecule has 166 valence electrons. The first kappa shape index (κ1) is 24.1. The van der Waals surface area contributed by atoms with Gasteiger partial charge in [-0.05, 0) is 56.4 Å². The molecule has 0 bridgehead atoms. The predicted octanol–water partition coefficient (Wildman–Crippen LogP) is 3.77. The summed E-state index contributed by atoms with van der Waals surface area (Å²) >= 11 is 0. The van der Waals surface area contributed by atoms with E-state index in [-0.39, 0.29) is 30.2 Å². The van der Waals surface area contributed by atoms with Crippen molar-refractivity contribution in [1.29, 1.82) is 0 Å². The number of amides is 3. The summed E-state index contributed by atoms with van der Waals surface area (Å²) in [6.45, 7) is 11.4. The van der Waals surface area contributed by atoms with Crippen LogP contribution in [0.3, 0.4) is 0 Å². The number of nitrogens with zero attached hydrogens (tertiary/aromatic N) is 1. The Kier molecular flexibility index (Phi) is 7.97. The first-order valence-corrected chi connectivity index (χ1v) is 10.5. The van der Waals surface area contributed by atoms with Crippen molar-refractivity contribution >= 4 is 23.4 Å². The van der Waals surface area contributed by atoms with E-state index >= 15 is 0 Å². The number of nitrogens with one attached hydrogen (secondary N) is 2. The molecule has 2 aromatic carbocycles. The number of likely N-dealkylation sites (N-methyl/N-ethyl adjacent to an activating group) is 1. The normalized spacial score (nSPS) is 11.7. The number of carbonyl (C=O) groups excluding carboxylic acids is 3. The lowest BCUT2D eigenvalue weighted by molar-refractivity contribution is -0.135. The zero-order valence-electron chi connectivity index (χ0n) is 19.5. The summed E-state index contributed by atoms with van der Waals surface area (Å²) in [5.74, 6) is -1.01. The van der Waals surface area contributed by atoms with Crippen LogP contribution in [0.5, 0.6) is 0 Å². The Morgan fingerprint density at radius 1 is 0.935 bits per heavy atom. The monoisotopic (exact) mass is 423 g/mol. The van der Waals surface area contributed by atoms with Crippen molar-refractivity contribution in [3.8, 4) is 0 Å². The van der Waals surface area contributed by atoms with Crippen LogP contribution in [-0.4, -0.2) is 42.3 Å². The fraction of sp³-hybridized carbons (Fsp3) is 0.400. The van der Waals surface area contributed by atoms with E-state index in [1.807, 2.05) is 65.8 Å². The largest absolute Gasteiger partial charge is 0.340 e. The number of hydrogen-bond acceptors (Lipinski definition) is 3. The van der Waals surface area contributed by atoms with Crippen molar-refractivity contribution in [3.63, 3.8) is 0 Å². The van der Waals surface area contributed by atoms with E-state index in [2.05, 4.69) is 10.6 Å².